The van der Waals surface area contributed by atoms with Crippen molar-refractivity contribution >= 4 is 0 Å². The molecule has 0 aromatic heterocycles. The van der Waals surface area contributed by atoms with Crippen LogP contribution in [0.5, 0.6) is 0 Å². The normalized spacial score (nSPS) is 38.8. The van der Waals surface area contributed by atoms with E-state index in [2.05, 4.69) is 17.1 Å². The Bertz CT molecular complexity index is 241. The van der Waals surface area contributed by atoms with E-state index < -0.39 is 0 Å². The van der Waals surface area contributed by atoms with Gasteiger partial charge in [0.05, 0.1) is 0 Å². The molecule has 3 aliphatic rings. The Morgan fingerprint density at radius 2 is 1.65 bits per heavy atom. The highest BCUT2D eigenvalue weighted by Gasteiger charge is 2.37. The van der Waals surface area contributed by atoms with Crippen LogP contribution in [0.1, 0.15) is 45.4 Å². The zero-order valence-electron chi connectivity index (χ0n) is 11.0. The number of piperidine rings is 1. The minimum Gasteiger partial charge on any atom is -0.381 e. The van der Waals surface area contributed by atoms with Crippen molar-refractivity contribution in [3.05, 3.63) is 0 Å². The van der Waals surface area contributed by atoms with E-state index >= 15 is 0 Å². The van der Waals surface area contributed by atoms with Crippen molar-refractivity contribution in [1.82, 2.24) is 10.2 Å². The first kappa shape index (κ1) is 11.9. The molecule has 3 rings (SSSR count). The van der Waals surface area contributed by atoms with E-state index in [0.29, 0.717) is 0 Å². The van der Waals surface area contributed by atoms with E-state index in [1.807, 2.05) is 0 Å². The number of hydrogen-bond donors (Lipinski definition) is 1. The molecule has 0 radical (unpaired) electrons. The Kier molecular flexibility index (Phi) is 3.69. The summed E-state index contributed by atoms with van der Waals surface area (Å²) in [6.07, 6.45) is 8.06. The fraction of sp³-hybridized carbons (Fsp3) is 1.00. The van der Waals surface area contributed by atoms with Crippen molar-refractivity contribution in [2.75, 3.05) is 19.8 Å². The lowest BCUT2D eigenvalue weighted by molar-refractivity contribution is 0.00916. The van der Waals surface area contributed by atoms with Gasteiger partial charge in [-0.3, -0.25) is 4.90 Å². The largest absolute Gasteiger partial charge is 0.381 e. The Hall–Kier alpha value is -0.120. The molecule has 3 nitrogen and oxygen atoms in total. The smallest absolute Gasteiger partial charge is 0.0480 e. The topological polar surface area (TPSA) is 24.5 Å². The van der Waals surface area contributed by atoms with Crippen LogP contribution in [0.3, 0.4) is 0 Å². The molecule has 3 aliphatic heterocycles. The number of nitrogens with one attached hydrogen (secondary N) is 1. The van der Waals surface area contributed by atoms with Gasteiger partial charge >= 0.3 is 0 Å². The number of nitrogens with zero attached hydrogens (tertiary/aromatic N) is 1. The van der Waals surface area contributed by atoms with Gasteiger partial charge in [-0.05, 0) is 45.1 Å². The van der Waals surface area contributed by atoms with Crippen molar-refractivity contribution < 1.29 is 4.74 Å². The van der Waals surface area contributed by atoms with Gasteiger partial charge in [-0.15, -0.1) is 0 Å². The van der Waals surface area contributed by atoms with Crippen LogP contribution in [0.2, 0.25) is 0 Å². The van der Waals surface area contributed by atoms with Gasteiger partial charge in [0.25, 0.3) is 0 Å². The highest BCUT2D eigenvalue weighted by molar-refractivity contribution is 4.96. The van der Waals surface area contributed by atoms with Crippen LogP contribution in [-0.2, 0) is 4.74 Å². The SMILES string of the molecule is CCN(C1CCOCC1)C1CC2CCC(C1)N2. The molecule has 0 saturated carbocycles. The molecule has 2 atom stereocenters. The quantitative estimate of drug-likeness (QED) is 0.811. The van der Waals surface area contributed by atoms with E-state index in [0.717, 1.165) is 37.4 Å². The Morgan fingerprint density at radius 1 is 1.00 bits per heavy atom. The molecule has 0 aromatic rings. The van der Waals surface area contributed by atoms with E-state index in [1.165, 1.54) is 45.1 Å². The molecule has 2 unspecified atom stereocenters. The summed E-state index contributed by atoms with van der Waals surface area (Å²) < 4.78 is 5.50. The monoisotopic (exact) mass is 238 g/mol. The van der Waals surface area contributed by atoms with Gasteiger partial charge in [0.15, 0.2) is 0 Å². The lowest BCUT2D eigenvalue weighted by Gasteiger charge is -2.43. The molecule has 3 fully saturated rings. The van der Waals surface area contributed by atoms with Crippen LogP contribution in [0.4, 0.5) is 0 Å². The lowest BCUT2D eigenvalue weighted by Crippen LogP contribution is -2.52. The number of ether oxygens (including phenoxy) is 1. The average Bonchev–Trinajstić information content (AvgIpc) is 2.71. The molecular formula is C14H26N2O. The Labute approximate surface area is 105 Å². The maximum atomic E-state index is 5.50. The van der Waals surface area contributed by atoms with Gasteiger partial charge in [-0.2, -0.15) is 0 Å². The summed E-state index contributed by atoms with van der Waals surface area (Å²) in [5.41, 5.74) is 0. The van der Waals surface area contributed by atoms with Crippen LogP contribution in [0.25, 0.3) is 0 Å². The van der Waals surface area contributed by atoms with E-state index in [4.69, 9.17) is 4.74 Å². The predicted octanol–water partition coefficient (Wildman–Crippen LogP) is 1.77. The zero-order chi connectivity index (χ0) is 11.7. The third-order valence-electron chi connectivity index (χ3n) is 4.94. The van der Waals surface area contributed by atoms with Gasteiger partial charge in [-0.25, -0.2) is 0 Å². The maximum absolute atomic E-state index is 5.50. The predicted molar refractivity (Wildman–Crippen MR) is 69.2 cm³/mol. The van der Waals surface area contributed by atoms with Gasteiger partial charge in [-0.1, -0.05) is 6.92 Å². The van der Waals surface area contributed by atoms with Gasteiger partial charge in [0.1, 0.15) is 0 Å². The molecular weight excluding hydrogens is 212 g/mol. The molecule has 17 heavy (non-hydrogen) atoms. The van der Waals surface area contributed by atoms with Crippen molar-refractivity contribution in [1.29, 1.82) is 0 Å². The summed E-state index contributed by atoms with van der Waals surface area (Å²) >= 11 is 0. The minimum absolute atomic E-state index is 0.788. The van der Waals surface area contributed by atoms with Crippen LogP contribution >= 0.6 is 0 Å². The fourth-order valence-corrected chi connectivity index (χ4v) is 4.13. The molecule has 3 heterocycles. The summed E-state index contributed by atoms with van der Waals surface area (Å²) in [6.45, 7) is 5.49. The van der Waals surface area contributed by atoms with Crippen LogP contribution < -0.4 is 5.32 Å². The first-order chi connectivity index (χ1) is 8.36. The Balaban J connectivity index is 1.63. The summed E-state index contributed by atoms with van der Waals surface area (Å²) in [5.74, 6) is 0. The van der Waals surface area contributed by atoms with Crippen molar-refractivity contribution in [2.24, 2.45) is 0 Å². The van der Waals surface area contributed by atoms with Crippen LogP contribution in [0, 0.1) is 0 Å². The second-order valence-electron chi connectivity index (χ2n) is 5.94. The standard InChI is InChI=1S/C14H26N2O/c1-2-16(13-5-7-17-8-6-13)14-9-11-3-4-12(10-14)15-11/h11-15H,2-10H2,1H3. The zero-order valence-corrected chi connectivity index (χ0v) is 11.0. The molecule has 0 spiro atoms. The van der Waals surface area contributed by atoms with E-state index in [9.17, 15) is 0 Å². The average molecular weight is 238 g/mol. The first-order valence-electron chi connectivity index (χ1n) is 7.46. The minimum atomic E-state index is 0.788. The van der Waals surface area contributed by atoms with Gasteiger partial charge < -0.3 is 10.1 Å². The molecule has 1 N–H and O–H groups in total. The van der Waals surface area contributed by atoms with Crippen LogP contribution in [0.15, 0.2) is 0 Å². The third-order valence-corrected chi connectivity index (χ3v) is 4.94. The molecule has 3 heteroatoms. The second-order valence-corrected chi connectivity index (χ2v) is 5.94. The van der Waals surface area contributed by atoms with Crippen molar-refractivity contribution in [3.63, 3.8) is 0 Å². The number of fused-ring (bicyclic) bond motifs is 2. The number of rotatable bonds is 3. The third kappa shape index (κ3) is 2.51. The lowest BCUT2D eigenvalue weighted by atomic mass is 9.95. The molecule has 0 aliphatic carbocycles. The fourth-order valence-electron chi connectivity index (χ4n) is 4.13. The maximum Gasteiger partial charge on any atom is 0.0480 e. The van der Waals surface area contributed by atoms with Crippen molar-refractivity contribution in [3.8, 4) is 0 Å². The summed E-state index contributed by atoms with van der Waals surface area (Å²) in [5, 5.41) is 3.75. The highest BCUT2D eigenvalue weighted by atomic mass is 16.5. The van der Waals surface area contributed by atoms with Gasteiger partial charge in [0.2, 0.25) is 0 Å². The summed E-state index contributed by atoms with van der Waals surface area (Å²) in [6, 6.07) is 3.25. The molecule has 0 amide bonds. The highest BCUT2D eigenvalue weighted by Crippen LogP contribution is 2.31. The molecule has 0 aromatic carbocycles. The Morgan fingerprint density at radius 3 is 2.24 bits per heavy atom. The molecule has 2 bridgehead atoms. The first-order valence-corrected chi connectivity index (χ1v) is 7.46. The molecule has 3 saturated heterocycles. The van der Waals surface area contributed by atoms with Crippen molar-refractivity contribution in [2.45, 2.75) is 69.6 Å². The van der Waals surface area contributed by atoms with Crippen LogP contribution in [-0.4, -0.2) is 48.8 Å². The van der Waals surface area contributed by atoms with Gasteiger partial charge in [0, 0.05) is 37.4 Å². The summed E-state index contributed by atoms with van der Waals surface area (Å²) in [7, 11) is 0. The van der Waals surface area contributed by atoms with E-state index in [-0.39, 0.29) is 0 Å². The second kappa shape index (κ2) is 5.25. The summed E-state index contributed by atoms with van der Waals surface area (Å²) in [4.78, 5) is 2.79. The molecule has 98 valence electrons. The number of hydrogen-bond acceptors (Lipinski definition) is 3. The van der Waals surface area contributed by atoms with E-state index in [1.54, 1.807) is 0 Å².